The van der Waals surface area contributed by atoms with E-state index in [-0.39, 0.29) is 12.1 Å². The van der Waals surface area contributed by atoms with Gasteiger partial charge in [0, 0.05) is 12.1 Å². The van der Waals surface area contributed by atoms with Crippen LogP contribution in [0.4, 0.5) is 0 Å². The molecule has 1 saturated heterocycles. The molecule has 2 N–H and O–H groups in total. The maximum atomic E-state index is 5.56. The molecular weight excluding hydrogens is 104 g/mol. The largest absolute Gasteiger partial charge is 0.363 e. The molecule has 0 amide bonds. The van der Waals surface area contributed by atoms with Crippen molar-refractivity contribution < 1.29 is 4.74 Å². The number of nitrogens with two attached hydrogens (primary N) is 1. The van der Waals surface area contributed by atoms with E-state index in [1.165, 1.54) is 0 Å². The molecule has 0 aromatic rings. The summed E-state index contributed by atoms with van der Waals surface area (Å²) in [6.07, 6.45) is 0. The Kier molecular flexibility index (Phi) is 1.83. The summed E-state index contributed by atoms with van der Waals surface area (Å²) in [5.74, 6) is 0. The quantitative estimate of drug-likeness (QED) is 0.453. The molecule has 8 heavy (non-hydrogen) atoms. The lowest BCUT2D eigenvalue weighted by Crippen LogP contribution is -2.47. The average Bonchev–Trinajstić information content (AvgIpc) is 1.77. The lowest BCUT2D eigenvalue weighted by atomic mass is 10.1. The first-order chi connectivity index (χ1) is 3.80. The van der Waals surface area contributed by atoms with Crippen molar-refractivity contribution in [1.29, 1.82) is 0 Å². The Balaban J connectivity index is 2.28. The number of nitrogens with zero attached hydrogens (tertiary/aromatic N) is 1. The summed E-state index contributed by atoms with van der Waals surface area (Å²) < 4.78 is 4.96. The molecule has 0 saturated carbocycles. The van der Waals surface area contributed by atoms with Crippen LogP contribution in [0.15, 0.2) is 0 Å². The molecule has 2 atom stereocenters. The van der Waals surface area contributed by atoms with E-state index in [0.29, 0.717) is 13.3 Å². The highest BCUT2D eigenvalue weighted by Gasteiger charge is 2.17. The van der Waals surface area contributed by atoms with E-state index in [4.69, 9.17) is 10.5 Å². The Hall–Kier alpha value is -0.120. The SMILES string of the molecule is CC1[N]COCC1N. The minimum atomic E-state index is 0.115. The second kappa shape index (κ2) is 2.44. The molecule has 0 spiro atoms. The van der Waals surface area contributed by atoms with E-state index >= 15 is 0 Å². The number of rotatable bonds is 0. The van der Waals surface area contributed by atoms with Crippen molar-refractivity contribution in [3.8, 4) is 0 Å². The minimum absolute atomic E-state index is 0.115. The van der Waals surface area contributed by atoms with E-state index in [1.54, 1.807) is 0 Å². The fraction of sp³-hybridized carbons (Fsp3) is 1.00. The molecule has 1 heterocycles. The molecule has 3 heteroatoms. The van der Waals surface area contributed by atoms with Gasteiger partial charge in [-0.25, -0.2) is 5.32 Å². The second-order valence-electron chi connectivity index (χ2n) is 2.09. The molecule has 1 radical (unpaired) electrons. The van der Waals surface area contributed by atoms with Gasteiger partial charge in [-0.2, -0.15) is 0 Å². The Morgan fingerprint density at radius 1 is 1.75 bits per heavy atom. The van der Waals surface area contributed by atoms with Crippen LogP contribution in [-0.2, 0) is 4.74 Å². The van der Waals surface area contributed by atoms with Crippen molar-refractivity contribution in [2.24, 2.45) is 5.73 Å². The van der Waals surface area contributed by atoms with Crippen molar-refractivity contribution in [1.82, 2.24) is 5.32 Å². The van der Waals surface area contributed by atoms with Crippen LogP contribution in [0.25, 0.3) is 0 Å². The Bertz CT molecular complexity index is 66.8. The van der Waals surface area contributed by atoms with E-state index in [9.17, 15) is 0 Å². The Labute approximate surface area is 49.2 Å². The lowest BCUT2D eigenvalue weighted by molar-refractivity contribution is 0.0471. The van der Waals surface area contributed by atoms with E-state index < -0.39 is 0 Å². The summed E-state index contributed by atoms with van der Waals surface area (Å²) in [6.45, 7) is 3.19. The highest BCUT2D eigenvalue weighted by Crippen LogP contribution is 1.97. The van der Waals surface area contributed by atoms with Crippen molar-refractivity contribution in [2.75, 3.05) is 13.3 Å². The molecular formula is C5H11N2O. The van der Waals surface area contributed by atoms with Gasteiger partial charge in [0.05, 0.1) is 6.61 Å². The van der Waals surface area contributed by atoms with Gasteiger partial charge in [0.15, 0.2) is 0 Å². The highest BCUT2D eigenvalue weighted by atomic mass is 16.5. The van der Waals surface area contributed by atoms with E-state index in [1.807, 2.05) is 6.92 Å². The first kappa shape index (κ1) is 6.01. The molecule has 2 unspecified atom stereocenters. The fourth-order valence-corrected chi connectivity index (χ4v) is 0.634. The maximum absolute atomic E-state index is 5.56. The lowest BCUT2D eigenvalue weighted by Gasteiger charge is -2.24. The molecule has 1 rings (SSSR count). The standard InChI is InChI=1S/C5H11N2O/c1-4-5(6)2-8-3-7-4/h4-5H,2-3,6H2,1H3. The summed E-state index contributed by atoms with van der Waals surface area (Å²) >= 11 is 0. The fourth-order valence-electron chi connectivity index (χ4n) is 0.634. The minimum Gasteiger partial charge on any atom is -0.363 e. The molecule has 1 aliphatic heterocycles. The Morgan fingerprint density at radius 3 is 2.88 bits per heavy atom. The van der Waals surface area contributed by atoms with Crippen LogP contribution in [-0.4, -0.2) is 25.4 Å². The smallest absolute Gasteiger partial charge is 0.112 e. The van der Waals surface area contributed by atoms with Crippen LogP contribution in [0.1, 0.15) is 6.92 Å². The molecule has 47 valence electrons. The van der Waals surface area contributed by atoms with Gasteiger partial charge in [-0.15, -0.1) is 0 Å². The van der Waals surface area contributed by atoms with Gasteiger partial charge in [-0.3, -0.25) is 0 Å². The highest BCUT2D eigenvalue weighted by molar-refractivity contribution is 4.75. The van der Waals surface area contributed by atoms with Gasteiger partial charge < -0.3 is 10.5 Å². The zero-order chi connectivity index (χ0) is 5.98. The third kappa shape index (κ3) is 1.18. The van der Waals surface area contributed by atoms with Gasteiger partial charge in [0.2, 0.25) is 0 Å². The van der Waals surface area contributed by atoms with Crippen LogP contribution < -0.4 is 11.1 Å². The zero-order valence-corrected chi connectivity index (χ0v) is 5.00. The van der Waals surface area contributed by atoms with Crippen molar-refractivity contribution in [3.63, 3.8) is 0 Å². The molecule has 1 fully saturated rings. The predicted molar refractivity (Wildman–Crippen MR) is 30.4 cm³/mol. The normalized spacial score (nSPS) is 39.8. The van der Waals surface area contributed by atoms with Gasteiger partial charge >= 0.3 is 0 Å². The van der Waals surface area contributed by atoms with Crippen molar-refractivity contribution in [2.45, 2.75) is 19.0 Å². The molecule has 0 bridgehead atoms. The number of hydrogen-bond donors (Lipinski definition) is 1. The topological polar surface area (TPSA) is 49.4 Å². The molecule has 1 aliphatic rings. The molecule has 0 aliphatic carbocycles. The monoisotopic (exact) mass is 115 g/mol. The Morgan fingerprint density at radius 2 is 2.50 bits per heavy atom. The van der Waals surface area contributed by atoms with E-state index in [2.05, 4.69) is 5.32 Å². The first-order valence-electron chi connectivity index (χ1n) is 2.80. The van der Waals surface area contributed by atoms with Crippen LogP contribution in [0.2, 0.25) is 0 Å². The van der Waals surface area contributed by atoms with Crippen LogP contribution in [0, 0.1) is 0 Å². The first-order valence-corrected chi connectivity index (χ1v) is 2.80. The zero-order valence-electron chi connectivity index (χ0n) is 5.00. The second-order valence-corrected chi connectivity index (χ2v) is 2.09. The van der Waals surface area contributed by atoms with Crippen molar-refractivity contribution in [3.05, 3.63) is 0 Å². The third-order valence-corrected chi connectivity index (χ3v) is 1.38. The van der Waals surface area contributed by atoms with E-state index in [0.717, 1.165) is 0 Å². The summed E-state index contributed by atoms with van der Waals surface area (Å²) in [4.78, 5) is 0. The van der Waals surface area contributed by atoms with Gasteiger partial charge in [0.25, 0.3) is 0 Å². The summed E-state index contributed by atoms with van der Waals surface area (Å²) in [5.41, 5.74) is 5.56. The summed E-state index contributed by atoms with van der Waals surface area (Å²) in [6, 6.07) is 0.396. The van der Waals surface area contributed by atoms with Gasteiger partial charge in [0.1, 0.15) is 6.73 Å². The maximum Gasteiger partial charge on any atom is 0.112 e. The number of ether oxygens (including phenoxy) is 1. The van der Waals surface area contributed by atoms with Gasteiger partial charge in [-0.05, 0) is 6.92 Å². The van der Waals surface area contributed by atoms with Gasteiger partial charge in [-0.1, -0.05) is 0 Å². The average molecular weight is 115 g/mol. The summed E-state index contributed by atoms with van der Waals surface area (Å²) in [7, 11) is 0. The number of hydrogen-bond acceptors (Lipinski definition) is 2. The summed E-state index contributed by atoms with van der Waals surface area (Å²) in [5, 5.41) is 4.06. The molecule has 3 nitrogen and oxygen atoms in total. The molecule has 0 aromatic carbocycles. The van der Waals surface area contributed by atoms with Crippen LogP contribution in [0.3, 0.4) is 0 Å². The van der Waals surface area contributed by atoms with Crippen molar-refractivity contribution >= 4 is 0 Å². The van der Waals surface area contributed by atoms with Crippen LogP contribution in [0.5, 0.6) is 0 Å². The third-order valence-electron chi connectivity index (χ3n) is 1.38. The molecule has 0 aromatic heterocycles. The predicted octanol–water partition coefficient (Wildman–Crippen LogP) is -0.706. The van der Waals surface area contributed by atoms with Crippen LogP contribution >= 0.6 is 0 Å².